The van der Waals surface area contributed by atoms with Crippen molar-refractivity contribution in [2.24, 2.45) is 5.73 Å². The summed E-state index contributed by atoms with van der Waals surface area (Å²) in [6.07, 6.45) is 0. The Kier molecular flexibility index (Phi) is 4.26. The molecule has 16 heavy (non-hydrogen) atoms. The Hall–Kier alpha value is -1.61. The lowest BCUT2D eigenvalue weighted by Crippen LogP contribution is -2.39. The van der Waals surface area contributed by atoms with Crippen LogP contribution in [-0.2, 0) is 9.59 Å². The predicted molar refractivity (Wildman–Crippen MR) is 63.1 cm³/mol. The van der Waals surface area contributed by atoms with Gasteiger partial charge in [0.05, 0.1) is 11.5 Å². The van der Waals surface area contributed by atoms with Gasteiger partial charge in [-0.15, -0.1) is 10.2 Å². The molecule has 0 atom stereocenters. The summed E-state index contributed by atoms with van der Waals surface area (Å²) in [6, 6.07) is 0. The fourth-order valence-electron chi connectivity index (χ4n) is 0.749. The summed E-state index contributed by atoms with van der Waals surface area (Å²) in [6.45, 7) is 1.72. The Labute approximate surface area is 100 Å². The van der Waals surface area contributed by atoms with Crippen LogP contribution in [0.3, 0.4) is 0 Å². The van der Waals surface area contributed by atoms with Crippen LogP contribution in [0.25, 0.3) is 0 Å². The van der Waals surface area contributed by atoms with Crippen LogP contribution in [0.2, 0.25) is 0 Å². The number of anilines is 1. The minimum atomic E-state index is -0.826. The van der Waals surface area contributed by atoms with Gasteiger partial charge in [-0.1, -0.05) is 23.6 Å². The normalized spacial score (nSPS) is 9.56. The molecule has 86 valence electrons. The molecule has 0 spiro atoms. The molecule has 0 unspecified atom stereocenters. The molecule has 9 heteroatoms. The first-order chi connectivity index (χ1) is 7.49. The number of hydrogen-bond donors (Lipinski definition) is 3. The summed E-state index contributed by atoms with van der Waals surface area (Å²) in [5.41, 5.74) is 5.16. The van der Waals surface area contributed by atoms with Crippen molar-refractivity contribution in [2.45, 2.75) is 6.92 Å². The quantitative estimate of drug-likeness (QED) is 0.483. The van der Waals surface area contributed by atoms with E-state index >= 15 is 0 Å². The lowest BCUT2D eigenvalue weighted by atomic mass is 10.5. The standard InChI is InChI=1S/C7H9N5O2S2/c1-3-11-12-7(16-3)10-6(14)5(13)9-2-4(8)15/h2H2,1H3,(H2,8,15)(H,9,13)(H,10,12,14). The summed E-state index contributed by atoms with van der Waals surface area (Å²) in [4.78, 5) is 22.5. The number of carbonyl (C=O) groups is 2. The van der Waals surface area contributed by atoms with E-state index in [-0.39, 0.29) is 16.7 Å². The molecule has 0 radical (unpaired) electrons. The van der Waals surface area contributed by atoms with Gasteiger partial charge in [0.15, 0.2) is 0 Å². The number of nitrogens with zero attached hydrogens (tertiary/aromatic N) is 2. The lowest BCUT2D eigenvalue weighted by Gasteiger charge is -2.02. The van der Waals surface area contributed by atoms with Crippen LogP contribution in [0.5, 0.6) is 0 Å². The van der Waals surface area contributed by atoms with Gasteiger partial charge < -0.3 is 11.1 Å². The number of thiocarbonyl (C=S) groups is 1. The zero-order valence-corrected chi connectivity index (χ0v) is 9.94. The number of aromatic nitrogens is 2. The third kappa shape index (κ3) is 3.87. The van der Waals surface area contributed by atoms with Gasteiger partial charge in [0.25, 0.3) is 0 Å². The van der Waals surface area contributed by atoms with Crippen LogP contribution < -0.4 is 16.4 Å². The van der Waals surface area contributed by atoms with Gasteiger partial charge in [-0.25, -0.2) is 0 Å². The number of nitrogens with two attached hydrogens (primary N) is 1. The molecule has 4 N–H and O–H groups in total. The topological polar surface area (TPSA) is 110 Å². The summed E-state index contributed by atoms with van der Waals surface area (Å²) in [5.74, 6) is -1.65. The molecular formula is C7H9N5O2S2. The predicted octanol–water partition coefficient (Wildman–Crippen LogP) is -0.813. The monoisotopic (exact) mass is 259 g/mol. The van der Waals surface area contributed by atoms with Crippen molar-refractivity contribution in [1.29, 1.82) is 0 Å². The van der Waals surface area contributed by atoms with Crippen molar-refractivity contribution < 1.29 is 9.59 Å². The maximum absolute atomic E-state index is 11.3. The number of rotatable bonds is 3. The van der Waals surface area contributed by atoms with E-state index in [1.54, 1.807) is 6.92 Å². The molecule has 2 amide bonds. The van der Waals surface area contributed by atoms with Crippen molar-refractivity contribution in [2.75, 3.05) is 11.9 Å². The molecule has 1 aromatic rings. The van der Waals surface area contributed by atoms with E-state index < -0.39 is 11.8 Å². The average Bonchev–Trinajstić information content (AvgIpc) is 2.60. The summed E-state index contributed by atoms with van der Waals surface area (Å²) in [5, 5.41) is 12.8. The van der Waals surface area contributed by atoms with Gasteiger partial charge in [0.2, 0.25) is 5.13 Å². The van der Waals surface area contributed by atoms with Crippen LogP contribution in [-0.4, -0.2) is 33.5 Å². The SMILES string of the molecule is Cc1nnc(NC(=O)C(=O)NCC(N)=S)s1. The molecule has 0 aromatic carbocycles. The van der Waals surface area contributed by atoms with Crippen LogP contribution in [0.15, 0.2) is 0 Å². The first-order valence-electron chi connectivity index (χ1n) is 4.16. The van der Waals surface area contributed by atoms with E-state index in [1.165, 1.54) is 11.3 Å². The van der Waals surface area contributed by atoms with E-state index in [9.17, 15) is 9.59 Å². The molecule has 0 bridgehead atoms. The summed E-state index contributed by atoms with van der Waals surface area (Å²) in [7, 11) is 0. The zero-order chi connectivity index (χ0) is 12.1. The van der Waals surface area contributed by atoms with E-state index in [1.807, 2.05) is 0 Å². The minimum Gasteiger partial charge on any atom is -0.392 e. The number of nitrogens with one attached hydrogen (secondary N) is 2. The minimum absolute atomic E-state index is 0.0171. The largest absolute Gasteiger partial charge is 0.392 e. The molecule has 0 aliphatic rings. The summed E-state index contributed by atoms with van der Waals surface area (Å²) < 4.78 is 0. The maximum Gasteiger partial charge on any atom is 0.315 e. The third-order valence-corrected chi connectivity index (χ3v) is 2.27. The molecule has 0 fully saturated rings. The third-order valence-electron chi connectivity index (χ3n) is 1.38. The van der Waals surface area contributed by atoms with Crippen molar-refractivity contribution in [1.82, 2.24) is 15.5 Å². The van der Waals surface area contributed by atoms with Gasteiger partial charge in [0, 0.05) is 0 Å². The van der Waals surface area contributed by atoms with E-state index in [4.69, 9.17) is 5.73 Å². The second-order valence-electron chi connectivity index (χ2n) is 2.73. The van der Waals surface area contributed by atoms with Gasteiger partial charge in [0.1, 0.15) is 5.01 Å². The zero-order valence-electron chi connectivity index (χ0n) is 8.31. The molecule has 0 saturated carbocycles. The molecule has 7 nitrogen and oxygen atoms in total. The highest BCUT2D eigenvalue weighted by Crippen LogP contribution is 2.12. The number of carbonyl (C=O) groups excluding carboxylic acids is 2. The molecule has 1 rings (SSSR count). The molecular weight excluding hydrogens is 250 g/mol. The highest BCUT2D eigenvalue weighted by atomic mass is 32.1. The van der Waals surface area contributed by atoms with Gasteiger partial charge >= 0.3 is 11.8 Å². The Balaban J connectivity index is 2.46. The second-order valence-corrected chi connectivity index (χ2v) is 4.44. The molecule has 1 aromatic heterocycles. The van der Waals surface area contributed by atoms with Gasteiger partial charge in [-0.2, -0.15) is 0 Å². The number of aryl methyl sites for hydroxylation is 1. The lowest BCUT2D eigenvalue weighted by molar-refractivity contribution is -0.135. The maximum atomic E-state index is 11.3. The molecule has 1 heterocycles. The summed E-state index contributed by atoms with van der Waals surface area (Å²) >= 11 is 5.72. The first kappa shape index (κ1) is 12.5. The second kappa shape index (κ2) is 5.47. The highest BCUT2D eigenvalue weighted by Gasteiger charge is 2.15. The van der Waals surface area contributed by atoms with Crippen molar-refractivity contribution >= 4 is 45.5 Å². The van der Waals surface area contributed by atoms with Gasteiger partial charge in [-0.05, 0) is 6.92 Å². The Morgan fingerprint density at radius 3 is 2.62 bits per heavy atom. The Morgan fingerprint density at radius 2 is 2.12 bits per heavy atom. The van der Waals surface area contributed by atoms with E-state index in [0.717, 1.165) is 0 Å². The van der Waals surface area contributed by atoms with Crippen molar-refractivity contribution in [3.63, 3.8) is 0 Å². The Bertz CT molecular complexity index is 430. The molecule has 0 saturated heterocycles. The fraction of sp³-hybridized carbons (Fsp3) is 0.286. The number of hydrogen-bond acceptors (Lipinski definition) is 6. The molecule has 0 aliphatic heterocycles. The van der Waals surface area contributed by atoms with Crippen molar-refractivity contribution in [3.05, 3.63) is 5.01 Å². The smallest absolute Gasteiger partial charge is 0.315 e. The van der Waals surface area contributed by atoms with Crippen LogP contribution in [0, 0.1) is 6.92 Å². The first-order valence-corrected chi connectivity index (χ1v) is 5.39. The Morgan fingerprint density at radius 1 is 1.44 bits per heavy atom. The highest BCUT2D eigenvalue weighted by molar-refractivity contribution is 7.80. The van der Waals surface area contributed by atoms with Crippen LogP contribution >= 0.6 is 23.6 Å². The van der Waals surface area contributed by atoms with E-state index in [0.29, 0.717) is 5.01 Å². The molecule has 0 aliphatic carbocycles. The van der Waals surface area contributed by atoms with Crippen LogP contribution in [0.1, 0.15) is 5.01 Å². The van der Waals surface area contributed by atoms with Gasteiger partial charge in [-0.3, -0.25) is 14.9 Å². The number of amides is 2. The van der Waals surface area contributed by atoms with E-state index in [2.05, 4.69) is 33.0 Å². The van der Waals surface area contributed by atoms with Crippen LogP contribution in [0.4, 0.5) is 5.13 Å². The van der Waals surface area contributed by atoms with Crippen molar-refractivity contribution in [3.8, 4) is 0 Å². The average molecular weight is 259 g/mol. The fourth-order valence-corrected chi connectivity index (χ4v) is 1.41.